The van der Waals surface area contributed by atoms with Crippen LogP contribution in [-0.4, -0.2) is 58.6 Å². The number of nitrogens with one attached hydrogen (secondary N) is 2. The Balaban J connectivity index is 0.00000480. The van der Waals surface area contributed by atoms with E-state index < -0.39 is 10.0 Å². The lowest BCUT2D eigenvalue weighted by Crippen LogP contribution is -2.47. The lowest BCUT2D eigenvalue weighted by molar-refractivity contribution is -0.0835. The number of nitrogens with zero attached hydrogens (tertiary/aromatic N) is 2. The van der Waals surface area contributed by atoms with Crippen molar-refractivity contribution in [1.29, 1.82) is 0 Å². The zero-order chi connectivity index (χ0) is 22.4. The van der Waals surface area contributed by atoms with Crippen molar-refractivity contribution in [2.24, 2.45) is 16.3 Å². The summed E-state index contributed by atoms with van der Waals surface area (Å²) in [7, 11) is -0.433. The third-order valence-corrected chi connectivity index (χ3v) is 7.23. The Bertz CT molecular complexity index is 822. The van der Waals surface area contributed by atoms with Crippen molar-refractivity contribution in [3.05, 3.63) is 29.8 Å². The highest BCUT2D eigenvalue weighted by Crippen LogP contribution is 2.33. The van der Waals surface area contributed by atoms with Gasteiger partial charge in [-0.1, -0.05) is 39.0 Å². The Labute approximate surface area is 205 Å². The molecule has 2 unspecified atom stereocenters. The summed E-state index contributed by atoms with van der Waals surface area (Å²) in [6.45, 7) is 11.3. The number of hydrogen-bond donors (Lipinski definition) is 2. The van der Waals surface area contributed by atoms with Crippen molar-refractivity contribution in [1.82, 2.24) is 14.9 Å². The third-order valence-electron chi connectivity index (χ3n) is 5.31. The van der Waals surface area contributed by atoms with E-state index in [0.29, 0.717) is 22.3 Å². The van der Waals surface area contributed by atoms with Crippen LogP contribution >= 0.6 is 24.0 Å². The van der Waals surface area contributed by atoms with E-state index in [1.54, 1.807) is 26.2 Å². The second-order valence-corrected chi connectivity index (χ2v) is 11.2. The molecule has 1 aliphatic heterocycles. The molecule has 0 bridgehead atoms. The molecule has 2 atom stereocenters. The largest absolute Gasteiger partial charge is 0.377 e. The molecule has 1 aliphatic rings. The van der Waals surface area contributed by atoms with Gasteiger partial charge in [0.25, 0.3) is 0 Å². The highest BCUT2D eigenvalue weighted by atomic mass is 127. The van der Waals surface area contributed by atoms with Crippen molar-refractivity contribution in [3.63, 3.8) is 0 Å². The summed E-state index contributed by atoms with van der Waals surface area (Å²) < 4.78 is 32.5. The number of sulfonamides is 1. The van der Waals surface area contributed by atoms with Crippen molar-refractivity contribution < 1.29 is 13.2 Å². The maximum atomic E-state index is 12.6. The van der Waals surface area contributed by atoms with Gasteiger partial charge in [0.2, 0.25) is 10.0 Å². The van der Waals surface area contributed by atoms with Crippen molar-refractivity contribution in [3.8, 4) is 0 Å². The Morgan fingerprint density at radius 3 is 2.52 bits per heavy atom. The fourth-order valence-electron chi connectivity index (χ4n) is 3.83. The number of aliphatic imine (C=N–C) groups is 1. The summed E-state index contributed by atoms with van der Waals surface area (Å²) >= 11 is 0. The van der Waals surface area contributed by atoms with Crippen LogP contribution in [0.15, 0.2) is 34.2 Å². The van der Waals surface area contributed by atoms with Gasteiger partial charge in [-0.2, -0.15) is 0 Å². The number of halogens is 1. The van der Waals surface area contributed by atoms with E-state index in [1.165, 1.54) is 4.31 Å². The number of ether oxygens (including phenoxy) is 1. The molecule has 1 heterocycles. The molecule has 2 N–H and O–H groups in total. The van der Waals surface area contributed by atoms with Gasteiger partial charge in [-0.3, -0.25) is 0 Å². The van der Waals surface area contributed by atoms with E-state index in [-0.39, 0.29) is 42.0 Å². The predicted octanol–water partition coefficient (Wildman–Crippen LogP) is 3.45. The number of hydrogen-bond acceptors (Lipinski definition) is 4. The Kier molecular flexibility index (Phi) is 11.2. The van der Waals surface area contributed by atoms with Gasteiger partial charge in [-0.05, 0) is 36.8 Å². The zero-order valence-electron chi connectivity index (χ0n) is 19.6. The second kappa shape index (κ2) is 12.4. The van der Waals surface area contributed by atoms with Crippen LogP contribution in [0, 0.1) is 11.3 Å². The predicted molar refractivity (Wildman–Crippen MR) is 137 cm³/mol. The smallest absolute Gasteiger partial charge is 0.242 e. The molecule has 9 heteroatoms. The van der Waals surface area contributed by atoms with Crippen molar-refractivity contribution >= 4 is 40.0 Å². The summed E-state index contributed by atoms with van der Waals surface area (Å²) in [6, 6.07) is 7.03. The van der Waals surface area contributed by atoms with Crippen LogP contribution in [0.3, 0.4) is 0 Å². The molecular weight excluding hydrogens is 527 g/mol. The van der Waals surface area contributed by atoms with Gasteiger partial charge < -0.3 is 15.4 Å². The molecule has 1 fully saturated rings. The average molecular weight is 567 g/mol. The molecule has 1 saturated heterocycles. The molecule has 1 aromatic rings. The Morgan fingerprint density at radius 1 is 1.23 bits per heavy atom. The molecule has 0 aromatic heterocycles. The first kappa shape index (κ1) is 28.1. The standard InChI is InChI=1S/C22H38N4O3S.HI/c1-7-23-21(25-16-18-12-10-14-29-20(18)22(2,3)4)24-15-17-11-8-9-13-19(17)30(27,28)26(5)6;/h8-9,11,13,18,20H,7,10,12,14-16H2,1-6H3,(H2,23,24,25);1H. The minimum absolute atomic E-state index is 0. The lowest BCUT2D eigenvalue weighted by atomic mass is 9.78. The van der Waals surface area contributed by atoms with Crippen LogP contribution in [0.25, 0.3) is 0 Å². The van der Waals surface area contributed by atoms with E-state index in [1.807, 2.05) is 19.1 Å². The fourth-order valence-corrected chi connectivity index (χ4v) is 4.93. The van der Waals surface area contributed by atoms with E-state index in [9.17, 15) is 8.42 Å². The number of benzene rings is 1. The Hall–Kier alpha value is -0.910. The van der Waals surface area contributed by atoms with Crippen LogP contribution in [-0.2, 0) is 21.3 Å². The first-order chi connectivity index (χ1) is 14.1. The van der Waals surface area contributed by atoms with Crippen LogP contribution < -0.4 is 10.6 Å². The highest BCUT2D eigenvalue weighted by Gasteiger charge is 2.35. The highest BCUT2D eigenvalue weighted by molar-refractivity contribution is 14.0. The van der Waals surface area contributed by atoms with Gasteiger partial charge in [-0.15, -0.1) is 24.0 Å². The van der Waals surface area contributed by atoms with Gasteiger partial charge in [0.05, 0.1) is 17.5 Å². The second-order valence-electron chi connectivity index (χ2n) is 9.03. The third kappa shape index (κ3) is 7.87. The van der Waals surface area contributed by atoms with Gasteiger partial charge in [0, 0.05) is 39.7 Å². The number of guanidine groups is 1. The summed E-state index contributed by atoms with van der Waals surface area (Å²) in [5.74, 6) is 1.09. The SMILES string of the molecule is CCNC(=NCc1ccccc1S(=O)(=O)N(C)C)NCC1CCCOC1C(C)(C)C.I. The molecule has 31 heavy (non-hydrogen) atoms. The van der Waals surface area contributed by atoms with Crippen LogP contribution in [0.4, 0.5) is 0 Å². The molecule has 2 rings (SSSR count). The zero-order valence-corrected chi connectivity index (χ0v) is 22.8. The van der Waals surface area contributed by atoms with Gasteiger partial charge in [0.1, 0.15) is 0 Å². The van der Waals surface area contributed by atoms with E-state index >= 15 is 0 Å². The molecule has 0 saturated carbocycles. The van der Waals surface area contributed by atoms with Gasteiger partial charge >= 0.3 is 0 Å². The van der Waals surface area contributed by atoms with Crippen LogP contribution in [0.2, 0.25) is 0 Å². The topological polar surface area (TPSA) is 83.0 Å². The summed E-state index contributed by atoms with van der Waals surface area (Å²) in [4.78, 5) is 4.95. The summed E-state index contributed by atoms with van der Waals surface area (Å²) in [5, 5.41) is 6.71. The van der Waals surface area contributed by atoms with Crippen molar-refractivity contribution in [2.45, 2.75) is 58.1 Å². The lowest BCUT2D eigenvalue weighted by Gasteiger charge is -2.40. The molecule has 0 aliphatic carbocycles. The summed E-state index contributed by atoms with van der Waals surface area (Å²) in [5.41, 5.74) is 0.763. The quantitative estimate of drug-likeness (QED) is 0.300. The first-order valence-electron chi connectivity index (χ1n) is 10.7. The molecule has 7 nitrogen and oxygen atoms in total. The van der Waals surface area contributed by atoms with Gasteiger partial charge in [0.15, 0.2) is 5.96 Å². The van der Waals surface area contributed by atoms with E-state index in [4.69, 9.17) is 4.74 Å². The monoisotopic (exact) mass is 566 g/mol. The molecule has 1 aromatic carbocycles. The molecule has 0 amide bonds. The van der Waals surface area contributed by atoms with Crippen LogP contribution in [0.1, 0.15) is 46.1 Å². The normalized spacial score (nSPS) is 20.3. The minimum atomic E-state index is -3.51. The van der Waals surface area contributed by atoms with Crippen molar-refractivity contribution in [2.75, 3.05) is 33.8 Å². The average Bonchev–Trinajstić information content (AvgIpc) is 2.69. The molecule has 178 valence electrons. The van der Waals surface area contributed by atoms with Crippen LogP contribution in [0.5, 0.6) is 0 Å². The first-order valence-corrected chi connectivity index (χ1v) is 12.2. The minimum Gasteiger partial charge on any atom is -0.377 e. The van der Waals surface area contributed by atoms with E-state index in [0.717, 1.165) is 32.5 Å². The molecular formula is C22H39IN4O3S. The molecule has 0 spiro atoms. The Morgan fingerprint density at radius 2 is 1.90 bits per heavy atom. The molecule has 0 radical (unpaired) electrons. The summed E-state index contributed by atoms with van der Waals surface area (Å²) in [6.07, 6.45) is 2.40. The fraction of sp³-hybridized carbons (Fsp3) is 0.682. The van der Waals surface area contributed by atoms with E-state index in [2.05, 4.69) is 36.4 Å². The maximum Gasteiger partial charge on any atom is 0.242 e. The maximum absolute atomic E-state index is 12.6. The van der Waals surface area contributed by atoms with Gasteiger partial charge in [-0.25, -0.2) is 17.7 Å². The number of rotatable bonds is 7.